The third-order valence-electron chi connectivity index (χ3n) is 2.10. The molecule has 2 N–H and O–H groups in total. The number of nitrogens with two attached hydrogens (primary N) is 1. The average Bonchev–Trinajstić information content (AvgIpc) is 2.16. The molecule has 0 aliphatic heterocycles. The molecule has 0 bridgehead atoms. The molecule has 0 spiro atoms. The molecule has 1 aromatic carbocycles. The minimum absolute atomic E-state index is 0.0541. The fourth-order valence-electron chi connectivity index (χ4n) is 1.22. The summed E-state index contributed by atoms with van der Waals surface area (Å²) in [5.41, 5.74) is 5.61. The van der Waals surface area contributed by atoms with Gasteiger partial charge in [0.2, 0.25) is 0 Å². The number of halogens is 3. The second-order valence-electron chi connectivity index (χ2n) is 3.20. The first-order valence-electron chi connectivity index (χ1n) is 4.19. The summed E-state index contributed by atoms with van der Waals surface area (Å²) in [7, 11) is 0. The zero-order valence-electron chi connectivity index (χ0n) is 7.97. The van der Waals surface area contributed by atoms with Crippen molar-refractivity contribution in [1.82, 2.24) is 0 Å². The lowest BCUT2D eigenvalue weighted by Gasteiger charge is -2.18. The average molecular weight is 214 g/mol. The van der Waals surface area contributed by atoms with E-state index in [2.05, 4.69) is 0 Å². The Morgan fingerprint density at radius 2 is 2.00 bits per heavy atom. The zero-order valence-corrected chi connectivity index (χ0v) is 7.97. The van der Waals surface area contributed by atoms with Gasteiger partial charge in [-0.1, -0.05) is 6.07 Å². The lowest BCUT2D eigenvalue weighted by molar-refractivity contribution is -0.149. The predicted molar refractivity (Wildman–Crippen MR) is 48.9 cm³/mol. The Kier molecular flexibility index (Phi) is 3.01. The summed E-state index contributed by atoms with van der Waals surface area (Å²) in [6, 6.07) is 3.83. The monoisotopic (exact) mass is 214 g/mol. The molecule has 0 unspecified atom stereocenters. The molecule has 0 radical (unpaired) electrons. The quantitative estimate of drug-likeness (QED) is 0.780. The number of aryl methyl sites for hydroxylation is 1. The highest BCUT2D eigenvalue weighted by atomic mass is 19.4. The van der Waals surface area contributed by atoms with E-state index >= 15 is 0 Å². The van der Waals surface area contributed by atoms with E-state index in [-0.39, 0.29) is 11.1 Å². The fourth-order valence-corrected chi connectivity index (χ4v) is 1.22. The van der Waals surface area contributed by atoms with Gasteiger partial charge >= 0.3 is 6.18 Å². The molecule has 80 valence electrons. The van der Waals surface area contributed by atoms with Gasteiger partial charge in [-0.3, -0.25) is 0 Å². The van der Waals surface area contributed by atoms with Gasteiger partial charge in [-0.2, -0.15) is 18.4 Å². The fraction of sp³-hybridized carbons (Fsp3) is 0.300. The Hall–Kier alpha value is -1.54. The molecule has 0 aliphatic rings. The van der Waals surface area contributed by atoms with Crippen LogP contribution in [0.4, 0.5) is 13.2 Å². The third-order valence-corrected chi connectivity index (χ3v) is 2.10. The van der Waals surface area contributed by atoms with Crippen LogP contribution < -0.4 is 5.73 Å². The van der Waals surface area contributed by atoms with Crippen LogP contribution in [0.1, 0.15) is 22.7 Å². The SMILES string of the molecule is Cc1ccc(C#N)cc1[C@@H](N)C(F)(F)F. The summed E-state index contributed by atoms with van der Waals surface area (Å²) in [4.78, 5) is 0. The Labute approximate surface area is 85.1 Å². The van der Waals surface area contributed by atoms with Gasteiger partial charge in [-0.15, -0.1) is 0 Å². The van der Waals surface area contributed by atoms with Gasteiger partial charge < -0.3 is 5.73 Å². The Balaban J connectivity index is 3.20. The van der Waals surface area contributed by atoms with E-state index in [1.165, 1.54) is 25.1 Å². The standard InChI is InChI=1S/C10H9F3N2/c1-6-2-3-7(5-14)4-8(6)9(15)10(11,12)13/h2-4,9H,15H2,1H3/t9-/m1/s1. The minimum atomic E-state index is -4.49. The molecule has 0 aromatic heterocycles. The highest BCUT2D eigenvalue weighted by molar-refractivity contribution is 5.39. The third kappa shape index (κ3) is 2.48. The predicted octanol–water partition coefficient (Wildman–Crippen LogP) is 2.43. The van der Waals surface area contributed by atoms with Crippen LogP contribution in [0.5, 0.6) is 0 Å². The van der Waals surface area contributed by atoms with Crippen molar-refractivity contribution in [2.75, 3.05) is 0 Å². The summed E-state index contributed by atoms with van der Waals surface area (Å²) >= 11 is 0. The highest BCUT2D eigenvalue weighted by Gasteiger charge is 2.38. The van der Waals surface area contributed by atoms with Crippen molar-refractivity contribution in [3.63, 3.8) is 0 Å². The summed E-state index contributed by atoms with van der Waals surface area (Å²) in [5, 5.41) is 8.57. The van der Waals surface area contributed by atoms with Crippen LogP contribution in [-0.4, -0.2) is 6.18 Å². The molecule has 1 atom stereocenters. The maximum absolute atomic E-state index is 12.3. The van der Waals surface area contributed by atoms with E-state index in [0.717, 1.165) is 0 Å². The number of hydrogen-bond acceptors (Lipinski definition) is 2. The Bertz CT molecular complexity index is 404. The van der Waals surface area contributed by atoms with Crippen LogP contribution in [0.15, 0.2) is 18.2 Å². The van der Waals surface area contributed by atoms with Crippen molar-refractivity contribution in [3.05, 3.63) is 34.9 Å². The summed E-state index contributed by atoms with van der Waals surface area (Å²) in [5.74, 6) is 0. The molecule has 15 heavy (non-hydrogen) atoms. The van der Waals surface area contributed by atoms with Crippen LogP contribution in [0.3, 0.4) is 0 Å². The van der Waals surface area contributed by atoms with Gasteiger partial charge in [0.15, 0.2) is 0 Å². The molecule has 0 heterocycles. The Morgan fingerprint density at radius 3 is 2.47 bits per heavy atom. The largest absolute Gasteiger partial charge is 0.407 e. The highest BCUT2D eigenvalue weighted by Crippen LogP contribution is 2.32. The van der Waals surface area contributed by atoms with E-state index in [4.69, 9.17) is 11.0 Å². The van der Waals surface area contributed by atoms with Crippen LogP contribution in [0, 0.1) is 18.3 Å². The first-order valence-corrected chi connectivity index (χ1v) is 4.19. The van der Waals surface area contributed by atoms with Gasteiger partial charge in [0.25, 0.3) is 0 Å². The molecule has 0 fully saturated rings. The second kappa shape index (κ2) is 3.91. The topological polar surface area (TPSA) is 49.8 Å². The van der Waals surface area contributed by atoms with Crippen molar-refractivity contribution in [1.29, 1.82) is 5.26 Å². The molecule has 0 saturated carbocycles. The van der Waals surface area contributed by atoms with Crippen molar-refractivity contribution >= 4 is 0 Å². The maximum Gasteiger partial charge on any atom is 0.407 e. The number of benzene rings is 1. The zero-order chi connectivity index (χ0) is 11.6. The number of alkyl halides is 3. The molecule has 0 saturated heterocycles. The molecular formula is C10H9F3N2. The summed E-state index contributed by atoms with van der Waals surface area (Å²) in [6.07, 6.45) is -4.49. The summed E-state index contributed by atoms with van der Waals surface area (Å²) in [6.45, 7) is 1.53. The molecule has 1 rings (SSSR count). The first-order chi connectivity index (χ1) is 6.86. The lowest BCUT2D eigenvalue weighted by Crippen LogP contribution is -2.29. The van der Waals surface area contributed by atoms with Crippen molar-refractivity contribution in [2.24, 2.45) is 5.73 Å². The van der Waals surface area contributed by atoms with Crippen LogP contribution in [-0.2, 0) is 0 Å². The molecule has 2 nitrogen and oxygen atoms in total. The number of nitrogens with zero attached hydrogens (tertiary/aromatic N) is 1. The van der Waals surface area contributed by atoms with Gasteiger partial charge in [0.1, 0.15) is 6.04 Å². The number of hydrogen-bond donors (Lipinski definition) is 1. The lowest BCUT2D eigenvalue weighted by atomic mass is 9.99. The first kappa shape index (κ1) is 11.5. The van der Waals surface area contributed by atoms with Gasteiger partial charge in [-0.25, -0.2) is 0 Å². The van der Waals surface area contributed by atoms with Crippen LogP contribution in [0.2, 0.25) is 0 Å². The molecule has 0 aliphatic carbocycles. The number of rotatable bonds is 1. The van der Waals surface area contributed by atoms with Crippen LogP contribution >= 0.6 is 0 Å². The van der Waals surface area contributed by atoms with Gasteiger partial charge in [0.05, 0.1) is 11.6 Å². The smallest absolute Gasteiger partial charge is 0.316 e. The van der Waals surface area contributed by atoms with Crippen molar-refractivity contribution in [2.45, 2.75) is 19.1 Å². The normalized spacial score (nSPS) is 13.3. The number of nitriles is 1. The minimum Gasteiger partial charge on any atom is -0.316 e. The maximum atomic E-state index is 12.3. The van der Waals surface area contributed by atoms with E-state index < -0.39 is 12.2 Å². The van der Waals surface area contributed by atoms with Crippen molar-refractivity contribution in [3.8, 4) is 6.07 Å². The summed E-state index contributed by atoms with van der Waals surface area (Å²) < 4.78 is 37.0. The Morgan fingerprint density at radius 1 is 1.40 bits per heavy atom. The van der Waals surface area contributed by atoms with E-state index in [9.17, 15) is 13.2 Å². The van der Waals surface area contributed by atoms with E-state index in [0.29, 0.717) is 5.56 Å². The molecular weight excluding hydrogens is 205 g/mol. The van der Waals surface area contributed by atoms with Crippen LogP contribution in [0.25, 0.3) is 0 Å². The second-order valence-corrected chi connectivity index (χ2v) is 3.20. The molecule has 5 heteroatoms. The van der Waals surface area contributed by atoms with Gasteiger partial charge in [0, 0.05) is 0 Å². The van der Waals surface area contributed by atoms with E-state index in [1.54, 1.807) is 6.07 Å². The van der Waals surface area contributed by atoms with E-state index in [1.807, 2.05) is 0 Å². The molecule has 1 aromatic rings. The van der Waals surface area contributed by atoms with Gasteiger partial charge in [-0.05, 0) is 30.2 Å². The van der Waals surface area contributed by atoms with Crippen molar-refractivity contribution < 1.29 is 13.2 Å². The molecule has 0 amide bonds.